The number of carbonyl (C=O) groups is 2. The fraction of sp³-hybridized carbons (Fsp3) is 0.308. The monoisotopic (exact) mass is 545 g/mol. The van der Waals surface area contributed by atoms with Crippen molar-refractivity contribution in [1.82, 2.24) is 20.1 Å². The number of benzene rings is 2. The van der Waals surface area contributed by atoms with Crippen LogP contribution in [0.15, 0.2) is 60.3 Å². The Kier molecular flexibility index (Phi) is 9.98. The van der Waals surface area contributed by atoms with E-state index in [4.69, 9.17) is 23.2 Å². The quantitative estimate of drug-likeness (QED) is 0.217. The smallest absolute Gasteiger partial charge is 0.253 e. The second kappa shape index (κ2) is 12.9. The number of aryl methyl sites for hydroxylation is 1. The maximum Gasteiger partial charge on any atom is 0.253 e. The van der Waals surface area contributed by atoms with Gasteiger partial charge in [0.15, 0.2) is 11.0 Å². The van der Waals surface area contributed by atoms with Crippen molar-refractivity contribution in [3.63, 3.8) is 0 Å². The van der Waals surface area contributed by atoms with E-state index in [0.29, 0.717) is 34.5 Å². The molecule has 190 valence electrons. The van der Waals surface area contributed by atoms with Crippen LogP contribution in [-0.2, 0) is 11.3 Å². The summed E-state index contributed by atoms with van der Waals surface area (Å²) >= 11 is 13.5. The lowest BCUT2D eigenvalue weighted by Crippen LogP contribution is -2.32. The van der Waals surface area contributed by atoms with Crippen LogP contribution < -0.4 is 10.6 Å². The van der Waals surface area contributed by atoms with E-state index in [-0.39, 0.29) is 28.5 Å². The lowest BCUT2D eigenvalue weighted by atomic mass is 10.0. The summed E-state index contributed by atoms with van der Waals surface area (Å²) in [6.07, 6.45) is 2.36. The molecular formula is C26H29Cl2N5O2S. The van der Waals surface area contributed by atoms with Crippen molar-refractivity contribution in [3.05, 3.63) is 82.1 Å². The zero-order valence-corrected chi connectivity index (χ0v) is 22.8. The molecule has 0 saturated heterocycles. The number of thioether (sulfide) groups is 1. The predicted molar refractivity (Wildman–Crippen MR) is 147 cm³/mol. The van der Waals surface area contributed by atoms with Crippen LogP contribution >= 0.6 is 35.0 Å². The first kappa shape index (κ1) is 27.8. The maximum absolute atomic E-state index is 13.1. The molecule has 0 spiro atoms. The molecule has 7 nitrogen and oxygen atoms in total. The van der Waals surface area contributed by atoms with Crippen LogP contribution in [0.1, 0.15) is 48.1 Å². The van der Waals surface area contributed by atoms with Gasteiger partial charge in [-0.1, -0.05) is 67.0 Å². The number of allylic oxidation sites excluding steroid dienone is 1. The van der Waals surface area contributed by atoms with E-state index in [9.17, 15) is 9.59 Å². The molecule has 3 rings (SSSR count). The average Bonchev–Trinajstić information content (AvgIpc) is 3.19. The third kappa shape index (κ3) is 7.59. The molecule has 0 aliphatic carbocycles. The van der Waals surface area contributed by atoms with Crippen LogP contribution in [0.4, 0.5) is 5.69 Å². The first-order valence-corrected chi connectivity index (χ1v) is 13.2. The molecule has 0 aliphatic rings. The topological polar surface area (TPSA) is 88.9 Å². The van der Waals surface area contributed by atoms with Crippen molar-refractivity contribution >= 4 is 52.5 Å². The number of rotatable bonds is 11. The van der Waals surface area contributed by atoms with Crippen LogP contribution in [0.5, 0.6) is 0 Å². The molecule has 10 heteroatoms. The third-order valence-corrected chi connectivity index (χ3v) is 6.71. The molecule has 0 fully saturated rings. The zero-order chi connectivity index (χ0) is 26.2. The lowest BCUT2D eigenvalue weighted by Gasteiger charge is -2.21. The summed E-state index contributed by atoms with van der Waals surface area (Å²) in [5.41, 5.74) is 2.13. The fourth-order valence-corrected chi connectivity index (χ4v) is 4.87. The molecule has 2 amide bonds. The largest absolute Gasteiger partial charge is 0.342 e. The van der Waals surface area contributed by atoms with Gasteiger partial charge in [-0.25, -0.2) is 0 Å². The Labute approximate surface area is 225 Å². The molecule has 0 radical (unpaired) electrons. The van der Waals surface area contributed by atoms with Crippen molar-refractivity contribution in [2.75, 3.05) is 11.1 Å². The number of hydrogen-bond donors (Lipinski definition) is 2. The summed E-state index contributed by atoms with van der Waals surface area (Å²) in [6.45, 7) is 10.4. The molecule has 3 aromatic rings. The molecule has 0 saturated carbocycles. The van der Waals surface area contributed by atoms with Gasteiger partial charge in [-0.15, -0.1) is 16.8 Å². The van der Waals surface area contributed by atoms with Crippen LogP contribution in [0.2, 0.25) is 10.0 Å². The number of anilines is 1. The van der Waals surface area contributed by atoms with E-state index in [1.54, 1.807) is 18.2 Å². The van der Waals surface area contributed by atoms with Gasteiger partial charge in [0.25, 0.3) is 5.91 Å². The number of nitrogens with zero attached hydrogens (tertiary/aromatic N) is 3. The molecule has 1 atom stereocenters. The van der Waals surface area contributed by atoms with E-state index >= 15 is 0 Å². The van der Waals surface area contributed by atoms with Crippen LogP contribution in [0.25, 0.3) is 0 Å². The van der Waals surface area contributed by atoms with Gasteiger partial charge in [0, 0.05) is 17.3 Å². The molecule has 0 bridgehead atoms. The summed E-state index contributed by atoms with van der Waals surface area (Å²) in [6, 6.07) is 11.9. The van der Waals surface area contributed by atoms with Crippen LogP contribution in [0, 0.1) is 12.8 Å². The molecular weight excluding hydrogens is 517 g/mol. The Morgan fingerprint density at radius 2 is 1.94 bits per heavy atom. The fourth-order valence-electron chi connectivity index (χ4n) is 3.63. The summed E-state index contributed by atoms with van der Waals surface area (Å²) in [7, 11) is 0. The van der Waals surface area contributed by atoms with E-state index in [0.717, 1.165) is 11.3 Å². The highest BCUT2D eigenvalue weighted by Gasteiger charge is 2.25. The van der Waals surface area contributed by atoms with Crippen LogP contribution in [0.3, 0.4) is 0 Å². The number of hydrogen-bond acceptors (Lipinski definition) is 5. The lowest BCUT2D eigenvalue weighted by molar-refractivity contribution is -0.113. The van der Waals surface area contributed by atoms with Gasteiger partial charge in [-0.2, -0.15) is 0 Å². The number of nitrogens with one attached hydrogen (secondary N) is 2. The molecule has 2 aromatic carbocycles. The van der Waals surface area contributed by atoms with Crippen molar-refractivity contribution in [2.45, 2.75) is 44.9 Å². The van der Waals surface area contributed by atoms with E-state index in [1.807, 2.05) is 35.8 Å². The highest BCUT2D eigenvalue weighted by atomic mass is 35.5. The molecule has 2 N–H and O–H groups in total. The minimum absolute atomic E-state index is 0.148. The van der Waals surface area contributed by atoms with E-state index < -0.39 is 6.04 Å². The van der Waals surface area contributed by atoms with E-state index in [2.05, 4.69) is 41.3 Å². The first-order chi connectivity index (χ1) is 17.2. The number of aromatic nitrogens is 3. The molecule has 36 heavy (non-hydrogen) atoms. The van der Waals surface area contributed by atoms with Crippen molar-refractivity contribution in [1.29, 1.82) is 0 Å². The average molecular weight is 547 g/mol. The van der Waals surface area contributed by atoms with Gasteiger partial charge in [-0.3, -0.25) is 9.59 Å². The number of amides is 2. The number of halogens is 2. The van der Waals surface area contributed by atoms with E-state index in [1.165, 1.54) is 17.8 Å². The Hall–Kier alpha value is -2.81. The van der Waals surface area contributed by atoms with Crippen molar-refractivity contribution in [2.24, 2.45) is 5.92 Å². The third-order valence-electron chi connectivity index (χ3n) is 5.19. The normalized spacial score (nSPS) is 11.8. The van der Waals surface area contributed by atoms with Gasteiger partial charge in [-0.05, 0) is 55.2 Å². The second-order valence-electron chi connectivity index (χ2n) is 8.73. The SMILES string of the molecule is C=CCn1c(SCC(=O)Nc2cccc(C)c2)nnc1[C@@H](CC(C)C)NC(=O)c1ccc(Cl)cc1Cl. The first-order valence-electron chi connectivity index (χ1n) is 11.5. The Balaban J connectivity index is 1.78. The minimum Gasteiger partial charge on any atom is -0.342 e. The highest BCUT2D eigenvalue weighted by molar-refractivity contribution is 7.99. The highest BCUT2D eigenvalue weighted by Crippen LogP contribution is 2.27. The molecule has 1 aromatic heterocycles. The van der Waals surface area contributed by atoms with Gasteiger partial charge in [0.1, 0.15) is 0 Å². The summed E-state index contributed by atoms with van der Waals surface area (Å²) in [5, 5.41) is 15.9. The summed E-state index contributed by atoms with van der Waals surface area (Å²) < 4.78 is 1.87. The van der Waals surface area contributed by atoms with Crippen molar-refractivity contribution < 1.29 is 9.59 Å². The second-order valence-corrected chi connectivity index (χ2v) is 10.5. The zero-order valence-electron chi connectivity index (χ0n) is 20.4. The van der Waals surface area contributed by atoms with Crippen molar-refractivity contribution in [3.8, 4) is 0 Å². The van der Waals surface area contributed by atoms with Gasteiger partial charge in [0.05, 0.1) is 22.4 Å². The molecule has 1 heterocycles. The van der Waals surface area contributed by atoms with Gasteiger partial charge in [0.2, 0.25) is 5.91 Å². The summed E-state index contributed by atoms with van der Waals surface area (Å²) in [5.74, 6) is 0.529. The van der Waals surface area contributed by atoms with Gasteiger partial charge >= 0.3 is 0 Å². The van der Waals surface area contributed by atoms with Gasteiger partial charge < -0.3 is 15.2 Å². The maximum atomic E-state index is 13.1. The number of carbonyl (C=O) groups excluding carboxylic acids is 2. The predicted octanol–water partition coefficient (Wildman–Crippen LogP) is 6.33. The molecule has 0 aliphatic heterocycles. The Morgan fingerprint density at radius 1 is 1.17 bits per heavy atom. The Morgan fingerprint density at radius 3 is 2.61 bits per heavy atom. The standard InChI is InChI=1S/C26H29Cl2N5O2S/c1-5-11-33-24(22(12-16(2)3)30-25(35)20-10-9-18(27)14-21(20)28)31-32-26(33)36-15-23(34)29-19-8-6-7-17(4)13-19/h5-10,13-14,16,22H,1,11-12,15H2,2-4H3,(H,29,34)(H,30,35)/t22-/m1/s1. The molecule has 0 unspecified atom stereocenters. The summed E-state index contributed by atoms with van der Waals surface area (Å²) in [4.78, 5) is 25.6. The Bertz CT molecular complexity index is 1240. The van der Waals surface area contributed by atoms with Crippen LogP contribution in [-0.4, -0.2) is 32.3 Å². The minimum atomic E-state index is -0.424.